The zero-order chi connectivity index (χ0) is 14.4. The van der Waals surface area contributed by atoms with Gasteiger partial charge in [0.15, 0.2) is 0 Å². The molecule has 0 unspecified atom stereocenters. The summed E-state index contributed by atoms with van der Waals surface area (Å²) in [7, 11) is 0. The van der Waals surface area contributed by atoms with Gasteiger partial charge in [0.25, 0.3) is 0 Å². The van der Waals surface area contributed by atoms with Crippen molar-refractivity contribution in [1.82, 2.24) is 10.3 Å². The van der Waals surface area contributed by atoms with Crippen LogP contribution in [-0.4, -0.2) is 24.6 Å². The van der Waals surface area contributed by atoms with Crippen molar-refractivity contribution in [2.45, 2.75) is 46.6 Å². The number of hydrogen-bond donors (Lipinski definition) is 1. The van der Waals surface area contributed by atoms with Crippen molar-refractivity contribution in [3.05, 3.63) is 23.9 Å². The maximum atomic E-state index is 4.56. The fourth-order valence-electron chi connectivity index (χ4n) is 2.95. The molecular formula is C17H29N3. The van der Waals surface area contributed by atoms with Crippen LogP contribution in [0.3, 0.4) is 0 Å². The molecular weight excluding hydrogens is 246 g/mol. The van der Waals surface area contributed by atoms with Crippen LogP contribution < -0.4 is 10.2 Å². The number of pyridine rings is 1. The number of hydrogen-bond acceptors (Lipinski definition) is 3. The van der Waals surface area contributed by atoms with Crippen molar-refractivity contribution in [2.24, 2.45) is 11.8 Å². The molecule has 2 heterocycles. The lowest BCUT2D eigenvalue weighted by atomic mass is 9.87. The lowest BCUT2D eigenvalue weighted by molar-refractivity contribution is 0.310. The van der Waals surface area contributed by atoms with Gasteiger partial charge in [0, 0.05) is 25.8 Å². The van der Waals surface area contributed by atoms with Gasteiger partial charge in [0.05, 0.1) is 0 Å². The summed E-state index contributed by atoms with van der Waals surface area (Å²) < 4.78 is 0. The molecule has 1 aromatic rings. The van der Waals surface area contributed by atoms with Crippen LogP contribution in [0.4, 0.5) is 5.82 Å². The first-order chi connectivity index (χ1) is 9.70. The molecule has 0 saturated carbocycles. The second kappa shape index (κ2) is 7.63. The molecule has 1 aliphatic rings. The van der Waals surface area contributed by atoms with E-state index >= 15 is 0 Å². The molecule has 0 spiro atoms. The van der Waals surface area contributed by atoms with Gasteiger partial charge in [0.1, 0.15) is 5.82 Å². The van der Waals surface area contributed by atoms with Crippen LogP contribution in [-0.2, 0) is 6.54 Å². The molecule has 2 rings (SSSR count). The molecule has 0 radical (unpaired) electrons. The standard InChI is InChI=1S/C17H29N3/c1-4-8-18-13-15-5-9-19-17(12-15)20-10-6-16(7-11-20)14(2)3/h5,9,12,14,16,18H,4,6-8,10-11,13H2,1-3H3. The normalized spacial score (nSPS) is 16.9. The van der Waals surface area contributed by atoms with Gasteiger partial charge in [-0.15, -0.1) is 0 Å². The molecule has 1 aliphatic heterocycles. The molecule has 1 saturated heterocycles. The minimum Gasteiger partial charge on any atom is -0.357 e. The van der Waals surface area contributed by atoms with Crippen LogP contribution >= 0.6 is 0 Å². The molecule has 0 aliphatic carbocycles. The molecule has 1 fully saturated rings. The van der Waals surface area contributed by atoms with Crippen LogP contribution in [0.2, 0.25) is 0 Å². The Morgan fingerprint density at radius 3 is 2.75 bits per heavy atom. The molecule has 112 valence electrons. The quantitative estimate of drug-likeness (QED) is 0.806. The number of aromatic nitrogens is 1. The van der Waals surface area contributed by atoms with E-state index in [0.717, 1.165) is 43.8 Å². The molecule has 0 amide bonds. The second-order valence-corrected chi connectivity index (χ2v) is 6.27. The Hall–Kier alpha value is -1.09. The van der Waals surface area contributed by atoms with Gasteiger partial charge in [-0.1, -0.05) is 20.8 Å². The van der Waals surface area contributed by atoms with Gasteiger partial charge < -0.3 is 10.2 Å². The molecule has 3 heteroatoms. The fraction of sp³-hybridized carbons (Fsp3) is 0.706. The van der Waals surface area contributed by atoms with E-state index in [1.165, 1.54) is 24.8 Å². The summed E-state index contributed by atoms with van der Waals surface area (Å²) in [5, 5.41) is 3.46. The minimum atomic E-state index is 0.815. The van der Waals surface area contributed by atoms with E-state index in [-0.39, 0.29) is 0 Å². The van der Waals surface area contributed by atoms with Crippen molar-refractivity contribution in [3.63, 3.8) is 0 Å². The summed E-state index contributed by atoms with van der Waals surface area (Å²) in [6, 6.07) is 4.37. The molecule has 1 aromatic heterocycles. The zero-order valence-electron chi connectivity index (χ0n) is 13.2. The third kappa shape index (κ3) is 4.20. The Bertz CT molecular complexity index is 395. The predicted molar refractivity (Wildman–Crippen MR) is 86.0 cm³/mol. The largest absolute Gasteiger partial charge is 0.357 e. The molecule has 0 aromatic carbocycles. The topological polar surface area (TPSA) is 28.2 Å². The summed E-state index contributed by atoms with van der Waals surface area (Å²) in [4.78, 5) is 7.01. The van der Waals surface area contributed by atoms with E-state index < -0.39 is 0 Å². The van der Waals surface area contributed by atoms with Crippen molar-refractivity contribution in [3.8, 4) is 0 Å². The summed E-state index contributed by atoms with van der Waals surface area (Å²) in [5.74, 6) is 2.86. The van der Waals surface area contributed by atoms with Gasteiger partial charge in [-0.05, 0) is 55.3 Å². The number of nitrogens with zero attached hydrogens (tertiary/aromatic N) is 2. The summed E-state index contributed by atoms with van der Waals surface area (Å²) in [6.45, 7) is 11.2. The number of rotatable bonds is 6. The first-order valence-corrected chi connectivity index (χ1v) is 8.11. The van der Waals surface area contributed by atoms with E-state index in [2.05, 4.69) is 48.1 Å². The van der Waals surface area contributed by atoms with Crippen LogP contribution in [0, 0.1) is 11.8 Å². The minimum absolute atomic E-state index is 0.815. The van der Waals surface area contributed by atoms with Crippen molar-refractivity contribution in [1.29, 1.82) is 0 Å². The molecule has 3 nitrogen and oxygen atoms in total. The van der Waals surface area contributed by atoms with Gasteiger partial charge in [0.2, 0.25) is 0 Å². The van der Waals surface area contributed by atoms with E-state index in [1.807, 2.05) is 6.20 Å². The smallest absolute Gasteiger partial charge is 0.128 e. The molecule has 1 N–H and O–H groups in total. The average Bonchev–Trinajstić information content (AvgIpc) is 2.48. The van der Waals surface area contributed by atoms with Gasteiger partial charge in [-0.25, -0.2) is 4.98 Å². The number of nitrogens with one attached hydrogen (secondary N) is 1. The third-order valence-electron chi connectivity index (χ3n) is 4.37. The van der Waals surface area contributed by atoms with Crippen LogP contribution in [0.5, 0.6) is 0 Å². The van der Waals surface area contributed by atoms with Crippen molar-refractivity contribution >= 4 is 5.82 Å². The Morgan fingerprint density at radius 1 is 1.35 bits per heavy atom. The van der Waals surface area contributed by atoms with Crippen molar-refractivity contribution in [2.75, 3.05) is 24.5 Å². The van der Waals surface area contributed by atoms with Crippen LogP contribution in [0.15, 0.2) is 18.3 Å². The highest BCUT2D eigenvalue weighted by atomic mass is 15.2. The average molecular weight is 275 g/mol. The highest BCUT2D eigenvalue weighted by Gasteiger charge is 2.22. The highest BCUT2D eigenvalue weighted by Crippen LogP contribution is 2.27. The molecule has 20 heavy (non-hydrogen) atoms. The Morgan fingerprint density at radius 2 is 2.10 bits per heavy atom. The van der Waals surface area contributed by atoms with Crippen molar-refractivity contribution < 1.29 is 0 Å². The maximum absolute atomic E-state index is 4.56. The Kier molecular flexibility index (Phi) is 5.84. The van der Waals surface area contributed by atoms with E-state index in [1.54, 1.807) is 0 Å². The summed E-state index contributed by atoms with van der Waals surface area (Å²) in [6.07, 6.45) is 5.74. The van der Waals surface area contributed by atoms with Gasteiger partial charge in [-0.3, -0.25) is 0 Å². The Balaban J connectivity index is 1.91. The summed E-state index contributed by atoms with van der Waals surface area (Å²) in [5.41, 5.74) is 1.34. The monoisotopic (exact) mass is 275 g/mol. The van der Waals surface area contributed by atoms with Gasteiger partial charge in [-0.2, -0.15) is 0 Å². The SMILES string of the molecule is CCCNCc1ccnc(N2CCC(C(C)C)CC2)c1. The predicted octanol–water partition coefficient (Wildman–Crippen LogP) is 3.45. The van der Waals surface area contributed by atoms with E-state index in [9.17, 15) is 0 Å². The lowest BCUT2D eigenvalue weighted by Gasteiger charge is -2.34. The maximum Gasteiger partial charge on any atom is 0.128 e. The highest BCUT2D eigenvalue weighted by molar-refractivity contribution is 5.41. The van der Waals surface area contributed by atoms with Gasteiger partial charge >= 0.3 is 0 Å². The third-order valence-corrected chi connectivity index (χ3v) is 4.37. The lowest BCUT2D eigenvalue weighted by Crippen LogP contribution is -2.35. The van der Waals surface area contributed by atoms with E-state index in [0.29, 0.717) is 0 Å². The van der Waals surface area contributed by atoms with Crippen LogP contribution in [0.1, 0.15) is 45.6 Å². The van der Waals surface area contributed by atoms with E-state index in [4.69, 9.17) is 0 Å². The first kappa shape index (κ1) is 15.3. The number of piperidine rings is 1. The second-order valence-electron chi connectivity index (χ2n) is 6.27. The fourth-order valence-corrected chi connectivity index (χ4v) is 2.95. The molecule has 0 bridgehead atoms. The molecule has 0 atom stereocenters. The first-order valence-electron chi connectivity index (χ1n) is 8.11. The number of anilines is 1. The summed E-state index contributed by atoms with van der Waals surface area (Å²) >= 11 is 0. The zero-order valence-corrected chi connectivity index (χ0v) is 13.2. The Labute approximate surface area is 123 Å². The van der Waals surface area contributed by atoms with Crippen LogP contribution in [0.25, 0.3) is 0 Å².